The normalized spacial score (nSPS) is 29.5. The number of hydrogen-bond acceptors (Lipinski definition) is 2. The standard InChI is InChI=1S/C8H17NO.C2H6/c1-9(2)7-3-5-8(10)6-4-7;1-2/h7-8,10H,3-6H2,1-2H3;1-2H3. The molecule has 1 aliphatic carbocycles. The molecule has 0 heterocycles. The second-order valence-corrected chi connectivity index (χ2v) is 3.43. The fourth-order valence-corrected chi connectivity index (χ4v) is 1.57. The SMILES string of the molecule is CC.CN(C)C1CCC(O)CC1. The highest BCUT2D eigenvalue weighted by Gasteiger charge is 2.19. The molecule has 0 aromatic rings. The number of rotatable bonds is 1. The van der Waals surface area contributed by atoms with Crippen LogP contribution in [0.5, 0.6) is 0 Å². The predicted molar refractivity (Wildman–Crippen MR) is 53.3 cm³/mol. The van der Waals surface area contributed by atoms with Crippen molar-refractivity contribution in [3.8, 4) is 0 Å². The van der Waals surface area contributed by atoms with E-state index in [-0.39, 0.29) is 6.10 Å². The summed E-state index contributed by atoms with van der Waals surface area (Å²) in [4.78, 5) is 2.26. The lowest BCUT2D eigenvalue weighted by atomic mass is 9.93. The van der Waals surface area contributed by atoms with E-state index in [0.29, 0.717) is 6.04 Å². The molecule has 0 atom stereocenters. The Morgan fingerprint density at radius 1 is 1.00 bits per heavy atom. The van der Waals surface area contributed by atoms with Crippen molar-refractivity contribution in [1.29, 1.82) is 0 Å². The van der Waals surface area contributed by atoms with Gasteiger partial charge in [0.15, 0.2) is 0 Å². The van der Waals surface area contributed by atoms with Gasteiger partial charge in [0.1, 0.15) is 0 Å². The highest BCUT2D eigenvalue weighted by molar-refractivity contribution is 4.75. The Kier molecular flexibility index (Phi) is 6.39. The zero-order chi connectivity index (χ0) is 9.56. The first-order chi connectivity index (χ1) is 5.70. The van der Waals surface area contributed by atoms with Crippen LogP contribution in [-0.4, -0.2) is 36.2 Å². The maximum atomic E-state index is 9.19. The van der Waals surface area contributed by atoms with E-state index in [4.69, 9.17) is 0 Å². The average molecular weight is 173 g/mol. The van der Waals surface area contributed by atoms with Crippen molar-refractivity contribution in [2.45, 2.75) is 51.7 Å². The van der Waals surface area contributed by atoms with Crippen molar-refractivity contribution < 1.29 is 5.11 Å². The monoisotopic (exact) mass is 173 g/mol. The molecule has 1 rings (SSSR count). The van der Waals surface area contributed by atoms with Crippen molar-refractivity contribution in [2.75, 3.05) is 14.1 Å². The first-order valence-electron chi connectivity index (χ1n) is 5.04. The summed E-state index contributed by atoms with van der Waals surface area (Å²) in [5.41, 5.74) is 0. The molecule has 1 N–H and O–H groups in total. The van der Waals surface area contributed by atoms with Crippen LogP contribution in [0.25, 0.3) is 0 Å². The van der Waals surface area contributed by atoms with Crippen LogP contribution in [0.3, 0.4) is 0 Å². The van der Waals surface area contributed by atoms with Gasteiger partial charge in [-0.25, -0.2) is 0 Å². The van der Waals surface area contributed by atoms with Gasteiger partial charge in [-0.2, -0.15) is 0 Å². The molecule has 0 bridgehead atoms. The third-order valence-electron chi connectivity index (χ3n) is 2.40. The van der Waals surface area contributed by atoms with Gasteiger partial charge in [-0.1, -0.05) is 13.8 Å². The maximum Gasteiger partial charge on any atom is 0.0541 e. The summed E-state index contributed by atoms with van der Waals surface area (Å²) in [6.07, 6.45) is 4.28. The van der Waals surface area contributed by atoms with E-state index in [9.17, 15) is 5.11 Å². The molecule has 12 heavy (non-hydrogen) atoms. The summed E-state index contributed by atoms with van der Waals surface area (Å²) in [5, 5.41) is 9.19. The molecule has 0 saturated heterocycles. The van der Waals surface area contributed by atoms with Gasteiger partial charge in [0, 0.05) is 6.04 Å². The molecule has 0 aromatic heterocycles. The van der Waals surface area contributed by atoms with Crippen molar-refractivity contribution in [1.82, 2.24) is 4.90 Å². The van der Waals surface area contributed by atoms with Gasteiger partial charge >= 0.3 is 0 Å². The molecule has 2 nitrogen and oxygen atoms in total. The molecule has 74 valence electrons. The molecule has 0 amide bonds. The zero-order valence-corrected chi connectivity index (χ0v) is 8.88. The van der Waals surface area contributed by atoms with E-state index in [1.807, 2.05) is 13.8 Å². The first-order valence-corrected chi connectivity index (χ1v) is 5.04. The van der Waals surface area contributed by atoms with Crippen LogP contribution in [-0.2, 0) is 0 Å². The zero-order valence-electron chi connectivity index (χ0n) is 8.88. The van der Waals surface area contributed by atoms with Crippen molar-refractivity contribution in [3.05, 3.63) is 0 Å². The van der Waals surface area contributed by atoms with Crippen LogP contribution in [0, 0.1) is 0 Å². The number of aliphatic hydroxyl groups excluding tert-OH is 1. The average Bonchev–Trinajstić information content (AvgIpc) is 2.09. The minimum absolute atomic E-state index is 0.0174. The van der Waals surface area contributed by atoms with Gasteiger partial charge in [-0.15, -0.1) is 0 Å². The number of nitrogens with zero attached hydrogens (tertiary/aromatic N) is 1. The van der Waals surface area contributed by atoms with E-state index in [0.717, 1.165) is 25.7 Å². The third kappa shape index (κ3) is 4.07. The lowest BCUT2D eigenvalue weighted by molar-refractivity contribution is 0.0926. The molecule has 0 aromatic carbocycles. The summed E-state index contributed by atoms with van der Waals surface area (Å²) >= 11 is 0. The summed E-state index contributed by atoms with van der Waals surface area (Å²) in [5.74, 6) is 0. The first kappa shape index (κ1) is 11.9. The fraction of sp³-hybridized carbons (Fsp3) is 1.00. The van der Waals surface area contributed by atoms with Crippen LogP contribution < -0.4 is 0 Å². The fourth-order valence-electron chi connectivity index (χ4n) is 1.57. The van der Waals surface area contributed by atoms with E-state index in [2.05, 4.69) is 19.0 Å². The lowest BCUT2D eigenvalue weighted by Crippen LogP contribution is -2.33. The summed E-state index contributed by atoms with van der Waals surface area (Å²) < 4.78 is 0. The van der Waals surface area contributed by atoms with Gasteiger partial charge in [0.05, 0.1) is 6.10 Å². The Bertz CT molecular complexity index is 96.0. The van der Waals surface area contributed by atoms with Gasteiger partial charge < -0.3 is 10.0 Å². The Morgan fingerprint density at radius 2 is 1.42 bits per heavy atom. The maximum absolute atomic E-state index is 9.19. The largest absolute Gasteiger partial charge is 0.393 e. The quantitative estimate of drug-likeness (QED) is 0.654. The molecule has 1 fully saturated rings. The Balaban J connectivity index is 0.000000561. The highest BCUT2D eigenvalue weighted by Crippen LogP contribution is 2.20. The minimum Gasteiger partial charge on any atom is -0.393 e. The van der Waals surface area contributed by atoms with E-state index in [1.54, 1.807) is 0 Å². The van der Waals surface area contributed by atoms with Gasteiger partial charge in [-0.05, 0) is 39.8 Å². The van der Waals surface area contributed by atoms with Crippen LogP contribution in [0.1, 0.15) is 39.5 Å². The van der Waals surface area contributed by atoms with Crippen LogP contribution in [0.2, 0.25) is 0 Å². The Hall–Kier alpha value is -0.0800. The lowest BCUT2D eigenvalue weighted by Gasteiger charge is -2.30. The second-order valence-electron chi connectivity index (χ2n) is 3.43. The number of aliphatic hydroxyl groups is 1. The molecule has 0 unspecified atom stereocenters. The molecular formula is C10H23NO. The van der Waals surface area contributed by atoms with Crippen molar-refractivity contribution >= 4 is 0 Å². The molecule has 1 saturated carbocycles. The number of hydrogen-bond donors (Lipinski definition) is 1. The Morgan fingerprint density at radius 3 is 1.75 bits per heavy atom. The third-order valence-corrected chi connectivity index (χ3v) is 2.40. The summed E-state index contributed by atoms with van der Waals surface area (Å²) in [6.45, 7) is 4.00. The topological polar surface area (TPSA) is 23.5 Å². The second kappa shape index (κ2) is 6.44. The molecule has 0 aliphatic heterocycles. The van der Waals surface area contributed by atoms with Crippen molar-refractivity contribution in [2.24, 2.45) is 0 Å². The van der Waals surface area contributed by atoms with E-state index >= 15 is 0 Å². The Labute approximate surface area is 76.6 Å². The van der Waals surface area contributed by atoms with Gasteiger partial charge in [0.25, 0.3) is 0 Å². The van der Waals surface area contributed by atoms with E-state index in [1.165, 1.54) is 0 Å². The molecule has 1 aliphatic rings. The van der Waals surface area contributed by atoms with Gasteiger partial charge in [0.2, 0.25) is 0 Å². The molecule has 0 spiro atoms. The van der Waals surface area contributed by atoms with Crippen molar-refractivity contribution in [3.63, 3.8) is 0 Å². The van der Waals surface area contributed by atoms with Crippen LogP contribution >= 0.6 is 0 Å². The predicted octanol–water partition coefficient (Wildman–Crippen LogP) is 1.88. The van der Waals surface area contributed by atoms with Gasteiger partial charge in [-0.3, -0.25) is 0 Å². The van der Waals surface area contributed by atoms with E-state index < -0.39 is 0 Å². The molecule has 2 heteroatoms. The van der Waals surface area contributed by atoms with Crippen LogP contribution in [0.4, 0.5) is 0 Å². The molecule has 0 radical (unpaired) electrons. The van der Waals surface area contributed by atoms with Crippen LogP contribution in [0.15, 0.2) is 0 Å². The summed E-state index contributed by atoms with van der Waals surface area (Å²) in [7, 11) is 4.23. The summed E-state index contributed by atoms with van der Waals surface area (Å²) in [6, 6.07) is 0.711. The highest BCUT2D eigenvalue weighted by atomic mass is 16.3. The minimum atomic E-state index is -0.0174. The smallest absolute Gasteiger partial charge is 0.0541 e. The molecular weight excluding hydrogens is 150 g/mol.